The fraction of sp³-hybridized carbons (Fsp3) is 0.778. The van der Waals surface area contributed by atoms with Gasteiger partial charge in [-0.25, -0.2) is 0 Å². The molecule has 0 aromatic rings. The Balaban J connectivity index is 1.86. The minimum atomic E-state index is -0.528. The lowest BCUT2D eigenvalue weighted by Crippen LogP contribution is -2.39. The first-order valence-electron chi connectivity index (χ1n) is 4.90. The molecule has 2 aliphatic rings. The molecule has 5 nitrogen and oxygen atoms in total. The van der Waals surface area contributed by atoms with Gasteiger partial charge in [0.05, 0.1) is 12.5 Å². The second-order valence-corrected chi connectivity index (χ2v) is 3.96. The van der Waals surface area contributed by atoms with Crippen molar-refractivity contribution >= 4 is 11.8 Å². The molecule has 14 heavy (non-hydrogen) atoms. The van der Waals surface area contributed by atoms with Crippen LogP contribution in [0.25, 0.3) is 0 Å². The van der Waals surface area contributed by atoms with Crippen molar-refractivity contribution in [3.63, 3.8) is 0 Å². The van der Waals surface area contributed by atoms with Crippen LogP contribution in [-0.2, 0) is 9.59 Å². The first-order valence-corrected chi connectivity index (χ1v) is 4.90. The van der Waals surface area contributed by atoms with Crippen LogP contribution in [0.4, 0.5) is 0 Å². The van der Waals surface area contributed by atoms with Crippen LogP contribution in [0.15, 0.2) is 0 Å². The molecule has 2 rings (SSSR count). The highest BCUT2D eigenvalue weighted by atomic mass is 16.3. The molecule has 0 aromatic heterocycles. The van der Waals surface area contributed by atoms with E-state index in [1.807, 2.05) is 0 Å². The van der Waals surface area contributed by atoms with Crippen LogP contribution in [0.1, 0.15) is 19.3 Å². The van der Waals surface area contributed by atoms with Gasteiger partial charge in [0, 0.05) is 25.6 Å². The van der Waals surface area contributed by atoms with Crippen molar-refractivity contribution in [3.8, 4) is 0 Å². The molecule has 2 amide bonds. The van der Waals surface area contributed by atoms with Crippen LogP contribution >= 0.6 is 0 Å². The van der Waals surface area contributed by atoms with Gasteiger partial charge in [-0.05, 0) is 6.42 Å². The monoisotopic (exact) mass is 198 g/mol. The topological polar surface area (TPSA) is 69.6 Å². The lowest BCUT2D eigenvalue weighted by atomic mass is 10.2. The summed E-state index contributed by atoms with van der Waals surface area (Å²) >= 11 is 0. The summed E-state index contributed by atoms with van der Waals surface area (Å²) in [5.41, 5.74) is 0. The Morgan fingerprint density at radius 1 is 1.50 bits per heavy atom. The highest BCUT2D eigenvalue weighted by molar-refractivity contribution is 5.80. The number of aliphatic hydroxyl groups is 1. The number of likely N-dealkylation sites (tertiary alicyclic amines) is 1. The molecule has 2 N–H and O–H groups in total. The van der Waals surface area contributed by atoms with Crippen LogP contribution < -0.4 is 5.32 Å². The van der Waals surface area contributed by atoms with E-state index in [0.29, 0.717) is 19.5 Å². The number of nitrogens with one attached hydrogen (secondary N) is 1. The summed E-state index contributed by atoms with van der Waals surface area (Å²) in [5, 5.41) is 12.0. The van der Waals surface area contributed by atoms with Crippen LogP contribution in [0, 0.1) is 0 Å². The molecular formula is C9H14N2O3. The van der Waals surface area contributed by atoms with Gasteiger partial charge in [0.25, 0.3) is 0 Å². The summed E-state index contributed by atoms with van der Waals surface area (Å²) in [6.45, 7) is 0.951. The second-order valence-electron chi connectivity index (χ2n) is 3.96. The molecule has 0 aliphatic carbocycles. The first-order chi connectivity index (χ1) is 6.65. The van der Waals surface area contributed by atoms with Gasteiger partial charge in [-0.1, -0.05) is 0 Å². The first kappa shape index (κ1) is 9.45. The number of nitrogens with zero attached hydrogens (tertiary/aromatic N) is 1. The Morgan fingerprint density at radius 3 is 2.79 bits per heavy atom. The summed E-state index contributed by atoms with van der Waals surface area (Å²) < 4.78 is 0. The van der Waals surface area contributed by atoms with Crippen molar-refractivity contribution in [2.45, 2.75) is 31.4 Å². The second kappa shape index (κ2) is 3.57. The summed E-state index contributed by atoms with van der Waals surface area (Å²) in [7, 11) is 0. The van der Waals surface area contributed by atoms with Crippen molar-refractivity contribution in [2.24, 2.45) is 0 Å². The Morgan fingerprint density at radius 2 is 2.29 bits per heavy atom. The largest absolute Gasteiger partial charge is 0.391 e. The molecule has 2 heterocycles. The average molecular weight is 198 g/mol. The van der Waals surface area contributed by atoms with Gasteiger partial charge >= 0.3 is 0 Å². The van der Waals surface area contributed by atoms with Gasteiger partial charge in [-0.3, -0.25) is 9.59 Å². The highest BCUT2D eigenvalue weighted by Crippen LogP contribution is 2.14. The predicted molar refractivity (Wildman–Crippen MR) is 48.4 cm³/mol. The van der Waals surface area contributed by atoms with Crippen molar-refractivity contribution in [2.75, 3.05) is 13.1 Å². The summed E-state index contributed by atoms with van der Waals surface area (Å²) in [6, 6.07) is 0.0803. The maximum atomic E-state index is 11.3. The standard InChI is InChI=1S/C9H14N2O3/c12-7-3-9(14)11(5-7)4-6-1-2-8(13)10-6/h6-7,12H,1-5H2,(H,10,13)/t6-,7?/m1/s1. The van der Waals surface area contributed by atoms with Crippen LogP contribution in [0.2, 0.25) is 0 Å². The SMILES string of the molecule is O=C1CC[C@H](CN2CC(O)CC2=O)N1. The molecule has 2 fully saturated rings. The predicted octanol–water partition coefficient (Wildman–Crippen LogP) is -1.14. The Kier molecular flexibility index (Phi) is 2.41. The zero-order chi connectivity index (χ0) is 10.1. The van der Waals surface area contributed by atoms with Gasteiger partial charge in [-0.2, -0.15) is 0 Å². The molecule has 0 saturated carbocycles. The van der Waals surface area contributed by atoms with Crippen molar-refractivity contribution < 1.29 is 14.7 Å². The average Bonchev–Trinajstić information content (AvgIpc) is 2.61. The number of hydrogen-bond acceptors (Lipinski definition) is 3. The normalized spacial score (nSPS) is 32.5. The number of amides is 2. The number of carbonyl (C=O) groups is 2. The fourth-order valence-corrected chi connectivity index (χ4v) is 2.01. The number of hydrogen-bond donors (Lipinski definition) is 2. The molecular weight excluding hydrogens is 184 g/mol. The Bertz CT molecular complexity index is 267. The van der Waals surface area contributed by atoms with E-state index >= 15 is 0 Å². The third-order valence-corrected chi connectivity index (χ3v) is 2.72. The summed E-state index contributed by atoms with van der Waals surface area (Å²) in [6.07, 6.45) is 1.04. The van der Waals surface area contributed by atoms with Crippen molar-refractivity contribution in [1.82, 2.24) is 10.2 Å². The minimum Gasteiger partial charge on any atom is -0.391 e. The lowest BCUT2D eigenvalue weighted by molar-refractivity contribution is -0.128. The molecule has 0 aromatic carbocycles. The van der Waals surface area contributed by atoms with Crippen molar-refractivity contribution in [3.05, 3.63) is 0 Å². The lowest BCUT2D eigenvalue weighted by Gasteiger charge is -2.19. The molecule has 2 atom stereocenters. The van der Waals surface area contributed by atoms with Gasteiger partial charge in [0.2, 0.25) is 11.8 Å². The number of aliphatic hydroxyl groups excluding tert-OH is 1. The number of carbonyl (C=O) groups excluding carboxylic acids is 2. The molecule has 5 heteroatoms. The molecule has 2 saturated heterocycles. The zero-order valence-electron chi connectivity index (χ0n) is 7.90. The number of rotatable bonds is 2. The van der Waals surface area contributed by atoms with E-state index in [0.717, 1.165) is 6.42 Å². The summed E-state index contributed by atoms with van der Waals surface area (Å²) in [4.78, 5) is 23.8. The van der Waals surface area contributed by atoms with E-state index in [-0.39, 0.29) is 24.3 Å². The molecule has 0 bridgehead atoms. The van der Waals surface area contributed by atoms with E-state index in [2.05, 4.69) is 5.32 Å². The zero-order valence-corrected chi connectivity index (χ0v) is 7.90. The highest BCUT2D eigenvalue weighted by Gasteiger charge is 2.31. The Labute approximate surface area is 82.1 Å². The van der Waals surface area contributed by atoms with Crippen molar-refractivity contribution in [1.29, 1.82) is 0 Å². The molecule has 78 valence electrons. The quantitative estimate of drug-likeness (QED) is 0.589. The van der Waals surface area contributed by atoms with Crippen LogP contribution in [0.5, 0.6) is 0 Å². The molecule has 0 spiro atoms. The molecule has 1 unspecified atom stereocenters. The van der Waals surface area contributed by atoms with Crippen LogP contribution in [0.3, 0.4) is 0 Å². The maximum absolute atomic E-state index is 11.3. The van der Waals surface area contributed by atoms with Gasteiger partial charge in [0.1, 0.15) is 0 Å². The Hall–Kier alpha value is -1.10. The van der Waals surface area contributed by atoms with E-state index in [9.17, 15) is 14.7 Å². The third-order valence-electron chi connectivity index (χ3n) is 2.72. The summed E-state index contributed by atoms with van der Waals surface area (Å²) in [5.74, 6) is 0.0424. The van der Waals surface area contributed by atoms with Gasteiger partial charge in [0.15, 0.2) is 0 Å². The van der Waals surface area contributed by atoms with Gasteiger partial charge in [-0.15, -0.1) is 0 Å². The smallest absolute Gasteiger partial charge is 0.225 e. The van der Waals surface area contributed by atoms with E-state index in [4.69, 9.17) is 0 Å². The third kappa shape index (κ3) is 1.87. The molecule has 0 radical (unpaired) electrons. The fourth-order valence-electron chi connectivity index (χ4n) is 2.01. The minimum absolute atomic E-state index is 0.0151. The number of β-amino-alcohol motifs (C(OH)–C–C–N with tert-alkyl or cyclic N) is 1. The van der Waals surface area contributed by atoms with E-state index in [1.54, 1.807) is 4.90 Å². The van der Waals surface area contributed by atoms with Gasteiger partial charge < -0.3 is 15.3 Å². The maximum Gasteiger partial charge on any atom is 0.225 e. The van der Waals surface area contributed by atoms with Crippen LogP contribution in [-0.4, -0.2) is 47.1 Å². The van der Waals surface area contributed by atoms with E-state index in [1.165, 1.54) is 0 Å². The van der Waals surface area contributed by atoms with E-state index < -0.39 is 6.10 Å². The molecule has 2 aliphatic heterocycles.